The molecule has 2 heterocycles. The van der Waals surface area contributed by atoms with Gasteiger partial charge in [-0.15, -0.1) is 11.8 Å². The Hall–Kier alpha value is -1.69. The minimum absolute atomic E-state index is 0.0617. The molecule has 2 fully saturated rings. The van der Waals surface area contributed by atoms with Crippen LogP contribution in [0.15, 0.2) is 29.2 Å². The number of thioether (sulfide) groups is 1. The van der Waals surface area contributed by atoms with Gasteiger partial charge in [-0.25, -0.2) is 4.79 Å². The number of benzene rings is 1. The molecule has 5 nitrogen and oxygen atoms in total. The van der Waals surface area contributed by atoms with Gasteiger partial charge in [0.15, 0.2) is 0 Å². The third-order valence-corrected chi connectivity index (χ3v) is 5.06. The number of carbonyl (C=O) groups excluding carboxylic acids is 2. The summed E-state index contributed by atoms with van der Waals surface area (Å²) in [6, 6.07) is 7.83. The van der Waals surface area contributed by atoms with Crippen molar-refractivity contribution in [3.63, 3.8) is 0 Å². The molecule has 1 unspecified atom stereocenters. The molecule has 0 aromatic heterocycles. The Morgan fingerprint density at radius 2 is 2.18 bits per heavy atom. The van der Waals surface area contributed by atoms with Crippen molar-refractivity contribution in [1.82, 2.24) is 9.80 Å². The highest BCUT2D eigenvalue weighted by Gasteiger charge is 2.36. The van der Waals surface area contributed by atoms with Gasteiger partial charge >= 0.3 is 6.09 Å². The third kappa shape index (κ3) is 2.92. The molecule has 118 valence electrons. The summed E-state index contributed by atoms with van der Waals surface area (Å²) in [5, 5.41) is 0. The second-order valence-electron chi connectivity index (χ2n) is 5.43. The van der Waals surface area contributed by atoms with Gasteiger partial charge in [0.1, 0.15) is 6.61 Å². The number of amides is 2. The van der Waals surface area contributed by atoms with Gasteiger partial charge in [0.25, 0.3) is 5.91 Å². The second kappa shape index (κ2) is 6.60. The number of likely N-dealkylation sites (tertiary alicyclic amines) is 1. The SMILES string of the molecule is CCSc1ccccc1C(=O)N1CCC(N2CCOC2=O)C1. The molecule has 0 N–H and O–H groups in total. The Morgan fingerprint density at radius 3 is 2.91 bits per heavy atom. The van der Waals surface area contributed by atoms with E-state index >= 15 is 0 Å². The molecule has 6 heteroatoms. The first-order valence-corrected chi connectivity index (χ1v) is 8.63. The highest BCUT2D eigenvalue weighted by molar-refractivity contribution is 7.99. The normalized spacial score (nSPS) is 21.3. The summed E-state index contributed by atoms with van der Waals surface area (Å²) in [7, 11) is 0. The summed E-state index contributed by atoms with van der Waals surface area (Å²) >= 11 is 1.68. The number of ether oxygens (including phenoxy) is 1. The van der Waals surface area contributed by atoms with Gasteiger partial charge < -0.3 is 9.64 Å². The lowest BCUT2D eigenvalue weighted by Gasteiger charge is -2.22. The van der Waals surface area contributed by atoms with Gasteiger partial charge in [-0.3, -0.25) is 9.69 Å². The fourth-order valence-electron chi connectivity index (χ4n) is 3.01. The van der Waals surface area contributed by atoms with Gasteiger partial charge in [0, 0.05) is 18.0 Å². The first-order valence-electron chi connectivity index (χ1n) is 7.65. The maximum atomic E-state index is 12.8. The molecular formula is C16H20N2O3S. The van der Waals surface area contributed by atoms with E-state index in [1.165, 1.54) is 0 Å². The fourth-order valence-corrected chi connectivity index (χ4v) is 3.81. The van der Waals surface area contributed by atoms with Crippen LogP contribution in [0.5, 0.6) is 0 Å². The van der Waals surface area contributed by atoms with Crippen LogP contribution in [0.1, 0.15) is 23.7 Å². The molecule has 22 heavy (non-hydrogen) atoms. The summed E-state index contributed by atoms with van der Waals surface area (Å²) in [5.41, 5.74) is 0.763. The van der Waals surface area contributed by atoms with Gasteiger partial charge in [-0.05, 0) is 24.3 Å². The van der Waals surface area contributed by atoms with Gasteiger partial charge in [-0.1, -0.05) is 19.1 Å². The van der Waals surface area contributed by atoms with E-state index in [4.69, 9.17) is 4.74 Å². The predicted octanol–water partition coefficient (Wildman–Crippen LogP) is 2.47. The third-order valence-electron chi connectivity index (χ3n) is 4.10. The van der Waals surface area contributed by atoms with Gasteiger partial charge in [-0.2, -0.15) is 0 Å². The van der Waals surface area contributed by atoms with Gasteiger partial charge in [0.2, 0.25) is 0 Å². The maximum absolute atomic E-state index is 12.8. The van der Waals surface area contributed by atoms with Crippen molar-refractivity contribution in [3.05, 3.63) is 29.8 Å². The minimum atomic E-state index is -0.249. The van der Waals surface area contributed by atoms with E-state index in [0.717, 1.165) is 22.6 Å². The van der Waals surface area contributed by atoms with Crippen molar-refractivity contribution in [2.75, 3.05) is 32.0 Å². The maximum Gasteiger partial charge on any atom is 0.410 e. The van der Waals surface area contributed by atoms with Crippen LogP contribution in [0, 0.1) is 0 Å². The molecule has 1 aromatic carbocycles. The molecule has 2 aliphatic rings. The Kier molecular flexibility index (Phi) is 4.57. The summed E-state index contributed by atoms with van der Waals surface area (Å²) in [5.74, 6) is 0.999. The first-order chi connectivity index (χ1) is 10.7. The molecular weight excluding hydrogens is 300 g/mol. The van der Waals surface area contributed by atoms with Crippen molar-refractivity contribution in [2.45, 2.75) is 24.3 Å². The fraction of sp³-hybridized carbons (Fsp3) is 0.500. The van der Waals surface area contributed by atoms with E-state index in [-0.39, 0.29) is 18.0 Å². The Balaban J connectivity index is 1.70. The van der Waals surface area contributed by atoms with Crippen LogP contribution in [0.4, 0.5) is 4.79 Å². The zero-order valence-electron chi connectivity index (χ0n) is 12.7. The molecule has 3 rings (SSSR count). The zero-order valence-corrected chi connectivity index (χ0v) is 13.5. The van der Waals surface area contributed by atoms with Gasteiger partial charge in [0.05, 0.1) is 18.2 Å². The van der Waals surface area contributed by atoms with Crippen molar-refractivity contribution >= 4 is 23.8 Å². The van der Waals surface area contributed by atoms with Crippen LogP contribution >= 0.6 is 11.8 Å². The molecule has 2 aliphatic heterocycles. The highest BCUT2D eigenvalue weighted by atomic mass is 32.2. The minimum Gasteiger partial charge on any atom is -0.448 e. The summed E-state index contributed by atoms with van der Waals surface area (Å²) in [4.78, 5) is 29.0. The lowest BCUT2D eigenvalue weighted by atomic mass is 10.2. The Labute approximate surface area is 134 Å². The molecule has 2 amide bonds. The van der Waals surface area contributed by atoms with E-state index in [1.807, 2.05) is 29.2 Å². The van der Waals surface area contributed by atoms with Crippen LogP contribution in [0.3, 0.4) is 0 Å². The first kappa shape index (κ1) is 15.2. The zero-order chi connectivity index (χ0) is 15.5. The summed E-state index contributed by atoms with van der Waals surface area (Å²) in [6.45, 7) is 4.46. The lowest BCUT2D eigenvalue weighted by molar-refractivity contribution is 0.0776. The molecule has 0 saturated carbocycles. The summed E-state index contributed by atoms with van der Waals surface area (Å²) < 4.78 is 4.99. The monoisotopic (exact) mass is 320 g/mol. The quantitative estimate of drug-likeness (QED) is 0.800. The van der Waals surface area contributed by atoms with Crippen LogP contribution in [0.25, 0.3) is 0 Å². The average Bonchev–Trinajstić information content (AvgIpc) is 3.16. The summed E-state index contributed by atoms with van der Waals surface area (Å²) in [6.07, 6.45) is 0.574. The van der Waals surface area contributed by atoms with Crippen molar-refractivity contribution in [1.29, 1.82) is 0 Å². The molecule has 1 aromatic rings. The molecule has 1 atom stereocenters. The van der Waals surface area contributed by atoms with Crippen LogP contribution in [-0.4, -0.2) is 59.8 Å². The second-order valence-corrected chi connectivity index (χ2v) is 6.74. The van der Waals surface area contributed by atoms with Crippen LogP contribution in [0.2, 0.25) is 0 Å². The van der Waals surface area contributed by atoms with E-state index < -0.39 is 0 Å². The van der Waals surface area contributed by atoms with E-state index in [9.17, 15) is 9.59 Å². The standard InChI is InChI=1S/C16H20N2O3S/c1-2-22-14-6-4-3-5-13(14)15(19)17-8-7-12(11-17)18-9-10-21-16(18)20/h3-6,12H,2,7-11H2,1H3. The lowest BCUT2D eigenvalue weighted by Crippen LogP contribution is -2.39. The molecule has 0 spiro atoms. The number of nitrogens with zero attached hydrogens (tertiary/aromatic N) is 2. The molecule has 0 aliphatic carbocycles. The Bertz CT molecular complexity index is 578. The van der Waals surface area contributed by atoms with Crippen molar-refractivity contribution in [2.24, 2.45) is 0 Å². The topological polar surface area (TPSA) is 49.9 Å². The average molecular weight is 320 g/mol. The predicted molar refractivity (Wildman–Crippen MR) is 85.2 cm³/mol. The molecule has 2 saturated heterocycles. The Morgan fingerprint density at radius 1 is 1.36 bits per heavy atom. The number of hydrogen-bond donors (Lipinski definition) is 0. The number of carbonyl (C=O) groups is 2. The number of rotatable bonds is 4. The van der Waals surface area contributed by atoms with E-state index in [0.29, 0.717) is 26.2 Å². The number of cyclic esters (lactones) is 1. The van der Waals surface area contributed by atoms with E-state index in [1.54, 1.807) is 16.7 Å². The highest BCUT2D eigenvalue weighted by Crippen LogP contribution is 2.26. The molecule has 0 radical (unpaired) electrons. The molecule has 0 bridgehead atoms. The van der Waals surface area contributed by atoms with Crippen LogP contribution < -0.4 is 0 Å². The largest absolute Gasteiger partial charge is 0.448 e. The van der Waals surface area contributed by atoms with Crippen LogP contribution in [-0.2, 0) is 4.74 Å². The van der Waals surface area contributed by atoms with E-state index in [2.05, 4.69) is 6.92 Å². The van der Waals surface area contributed by atoms with Crippen molar-refractivity contribution < 1.29 is 14.3 Å². The van der Waals surface area contributed by atoms with Crippen molar-refractivity contribution in [3.8, 4) is 0 Å². The number of hydrogen-bond acceptors (Lipinski definition) is 4. The smallest absolute Gasteiger partial charge is 0.410 e.